The number of sulfonamides is 1. The van der Waals surface area contributed by atoms with Gasteiger partial charge in [0, 0.05) is 25.1 Å². The van der Waals surface area contributed by atoms with E-state index in [-0.39, 0.29) is 11.5 Å². The summed E-state index contributed by atoms with van der Waals surface area (Å²) >= 11 is 1.42. The summed E-state index contributed by atoms with van der Waals surface area (Å²) in [7, 11) is -3.60. The maximum Gasteiger partial charge on any atom is 0.341 e. The van der Waals surface area contributed by atoms with Crippen molar-refractivity contribution in [2.45, 2.75) is 45.6 Å². The minimum absolute atomic E-state index is 0.143. The monoisotopic (exact) mass is 494 g/mol. The maximum atomic E-state index is 13.0. The molecule has 33 heavy (non-hydrogen) atoms. The lowest BCUT2D eigenvalue weighted by Crippen LogP contribution is -3.11. The number of nitrogens with zero attached hydrogens (tertiary/aromatic N) is 1. The summed E-state index contributed by atoms with van der Waals surface area (Å²) in [5.41, 5.74) is 1.73. The van der Waals surface area contributed by atoms with Crippen molar-refractivity contribution in [1.29, 1.82) is 0 Å². The Kier molecular flexibility index (Phi) is 8.28. The first-order chi connectivity index (χ1) is 15.8. The van der Waals surface area contributed by atoms with Crippen LogP contribution in [0.5, 0.6) is 0 Å². The number of thiophene rings is 1. The highest BCUT2D eigenvalue weighted by Gasteiger charge is 2.31. The second kappa shape index (κ2) is 10.8. The van der Waals surface area contributed by atoms with Gasteiger partial charge in [-0.2, -0.15) is 4.31 Å². The van der Waals surface area contributed by atoms with Gasteiger partial charge in [-0.25, -0.2) is 13.2 Å². The van der Waals surface area contributed by atoms with Crippen LogP contribution in [0.1, 0.15) is 58.9 Å². The van der Waals surface area contributed by atoms with Crippen molar-refractivity contribution < 1.29 is 27.6 Å². The number of hydrogen-bond acceptors (Lipinski definition) is 6. The third-order valence-electron chi connectivity index (χ3n) is 5.90. The van der Waals surface area contributed by atoms with E-state index < -0.39 is 21.9 Å². The Morgan fingerprint density at radius 3 is 2.36 bits per heavy atom. The van der Waals surface area contributed by atoms with Gasteiger partial charge in [0.2, 0.25) is 10.0 Å². The highest BCUT2D eigenvalue weighted by atomic mass is 32.2. The first kappa shape index (κ1) is 25.4. The summed E-state index contributed by atoms with van der Waals surface area (Å²) in [6.07, 6.45) is 0.761. The minimum Gasteiger partial charge on any atom is -0.462 e. The topological polar surface area (TPSA) is 97.2 Å². The van der Waals surface area contributed by atoms with Crippen molar-refractivity contribution in [2.75, 3.05) is 38.1 Å². The van der Waals surface area contributed by atoms with Gasteiger partial charge < -0.3 is 15.0 Å². The van der Waals surface area contributed by atoms with E-state index in [1.54, 1.807) is 20.8 Å². The number of quaternary nitrogens is 1. The lowest BCUT2D eigenvalue weighted by atomic mass is 10.0. The summed E-state index contributed by atoms with van der Waals surface area (Å²) < 4.78 is 32.0. The number of likely N-dealkylation sites (N-methyl/N-ethyl adjacent to an activating group) is 1. The van der Waals surface area contributed by atoms with Crippen molar-refractivity contribution in [1.82, 2.24) is 4.31 Å². The normalized spacial score (nSPS) is 15.8. The van der Waals surface area contributed by atoms with Gasteiger partial charge in [0.05, 0.1) is 35.0 Å². The smallest absolute Gasteiger partial charge is 0.341 e. The fourth-order valence-electron chi connectivity index (χ4n) is 4.01. The molecule has 3 rings (SSSR count). The largest absolute Gasteiger partial charge is 0.462 e. The highest BCUT2D eigenvalue weighted by Crippen LogP contribution is 2.35. The molecular weight excluding hydrogens is 462 g/mol. The van der Waals surface area contributed by atoms with Gasteiger partial charge >= 0.3 is 5.97 Å². The van der Waals surface area contributed by atoms with Gasteiger partial charge in [-0.15, -0.1) is 11.3 Å². The third kappa shape index (κ3) is 5.29. The minimum atomic E-state index is -3.60. The van der Waals surface area contributed by atoms with Crippen LogP contribution in [0.4, 0.5) is 5.00 Å². The maximum absolute atomic E-state index is 13.0. The molecule has 0 radical (unpaired) electrons. The van der Waals surface area contributed by atoms with Crippen LogP contribution in [0.25, 0.3) is 0 Å². The molecule has 0 fully saturated rings. The molecule has 0 saturated heterocycles. The van der Waals surface area contributed by atoms with E-state index in [1.807, 2.05) is 0 Å². The zero-order valence-corrected chi connectivity index (χ0v) is 21.2. The van der Waals surface area contributed by atoms with Crippen LogP contribution in [0.15, 0.2) is 29.2 Å². The molecule has 1 atom stereocenters. The lowest BCUT2D eigenvalue weighted by molar-refractivity contribution is -0.913. The molecular formula is C23H32N3O5S2+. The number of anilines is 1. The molecule has 1 unspecified atom stereocenters. The van der Waals surface area contributed by atoms with Gasteiger partial charge in [0.15, 0.2) is 0 Å². The van der Waals surface area contributed by atoms with E-state index in [2.05, 4.69) is 12.2 Å². The van der Waals surface area contributed by atoms with Crippen LogP contribution in [-0.4, -0.2) is 57.4 Å². The molecule has 1 amide bonds. The summed E-state index contributed by atoms with van der Waals surface area (Å²) in [5.74, 6) is -0.823. The molecule has 180 valence electrons. The molecule has 1 aliphatic heterocycles. The van der Waals surface area contributed by atoms with Gasteiger partial charge in [-0.05, 0) is 43.7 Å². The van der Waals surface area contributed by atoms with Crippen molar-refractivity contribution >= 4 is 38.2 Å². The predicted molar refractivity (Wildman–Crippen MR) is 129 cm³/mol. The van der Waals surface area contributed by atoms with Crippen LogP contribution < -0.4 is 10.2 Å². The Morgan fingerprint density at radius 1 is 1.12 bits per heavy atom. The number of fused-ring (bicyclic) bond motifs is 1. The number of ether oxygens (including phenoxy) is 1. The molecule has 10 heteroatoms. The molecule has 0 aliphatic carbocycles. The molecule has 2 heterocycles. The van der Waals surface area contributed by atoms with E-state index >= 15 is 0 Å². The van der Waals surface area contributed by atoms with Crippen LogP contribution in [0.3, 0.4) is 0 Å². The Balaban J connectivity index is 1.87. The standard InChI is InChI=1S/C23H31N3O5S2/c1-5-25-14-13-18-19(15-25)32-22(20(18)23(28)31-8-4)24-21(27)16-9-11-17(12-10-16)33(29,30)26(6-2)7-3/h9-12H,5-8,13-15H2,1-4H3,(H,24,27)/p+1. The quantitative estimate of drug-likeness (QED) is 0.521. The number of rotatable bonds is 9. The van der Waals surface area contributed by atoms with Crippen LogP contribution in [0, 0.1) is 0 Å². The lowest BCUT2D eigenvalue weighted by Gasteiger charge is -2.22. The number of esters is 1. The zero-order chi connectivity index (χ0) is 24.2. The first-order valence-electron chi connectivity index (χ1n) is 11.3. The Bertz CT molecular complexity index is 1110. The number of benzene rings is 1. The Hall–Kier alpha value is -2.27. The van der Waals surface area contributed by atoms with E-state index in [1.165, 1.54) is 44.8 Å². The molecule has 0 saturated carbocycles. The average molecular weight is 495 g/mol. The fourth-order valence-corrected chi connectivity index (χ4v) is 6.77. The number of amides is 1. The molecule has 2 N–H and O–H groups in total. The van der Waals surface area contributed by atoms with Gasteiger partial charge in [0.25, 0.3) is 5.91 Å². The Labute approximate surface area is 199 Å². The molecule has 1 aliphatic rings. The SMILES string of the molecule is CCOC(=O)c1c(NC(=O)c2ccc(S(=O)(=O)N(CC)CC)cc2)sc2c1CC[NH+](CC)C2. The molecule has 1 aromatic heterocycles. The van der Waals surface area contributed by atoms with E-state index in [0.29, 0.717) is 29.2 Å². The molecule has 0 bridgehead atoms. The summed E-state index contributed by atoms with van der Waals surface area (Å²) in [5, 5.41) is 3.36. The summed E-state index contributed by atoms with van der Waals surface area (Å²) in [6.45, 7) is 11.2. The third-order valence-corrected chi connectivity index (χ3v) is 9.11. The molecule has 8 nitrogen and oxygen atoms in total. The second-order valence-corrected chi connectivity index (χ2v) is 10.8. The summed E-state index contributed by atoms with van der Waals surface area (Å²) in [4.78, 5) is 28.3. The van der Waals surface area contributed by atoms with E-state index in [9.17, 15) is 18.0 Å². The number of carbonyl (C=O) groups is 2. The van der Waals surface area contributed by atoms with Crippen molar-refractivity contribution in [3.8, 4) is 0 Å². The summed E-state index contributed by atoms with van der Waals surface area (Å²) in [6, 6.07) is 5.87. The van der Waals surface area contributed by atoms with Crippen LogP contribution in [0.2, 0.25) is 0 Å². The predicted octanol–water partition coefficient (Wildman–Crippen LogP) is 2.17. The molecule has 1 aromatic carbocycles. The van der Waals surface area contributed by atoms with Gasteiger partial charge in [-0.1, -0.05) is 13.8 Å². The first-order valence-corrected chi connectivity index (χ1v) is 13.6. The van der Waals surface area contributed by atoms with Crippen molar-refractivity contribution in [2.24, 2.45) is 0 Å². The zero-order valence-electron chi connectivity index (χ0n) is 19.6. The van der Waals surface area contributed by atoms with Gasteiger partial charge in [0.1, 0.15) is 11.5 Å². The number of hydrogen-bond donors (Lipinski definition) is 2. The second-order valence-electron chi connectivity index (χ2n) is 7.78. The Morgan fingerprint density at radius 2 is 1.79 bits per heavy atom. The highest BCUT2D eigenvalue weighted by molar-refractivity contribution is 7.89. The van der Waals surface area contributed by atoms with Crippen molar-refractivity contribution in [3.05, 3.63) is 45.8 Å². The van der Waals surface area contributed by atoms with Gasteiger partial charge in [-0.3, -0.25) is 4.79 Å². The number of nitrogens with one attached hydrogen (secondary N) is 2. The van der Waals surface area contributed by atoms with Crippen LogP contribution >= 0.6 is 11.3 Å². The van der Waals surface area contributed by atoms with E-state index in [4.69, 9.17) is 4.74 Å². The average Bonchev–Trinajstić information content (AvgIpc) is 3.16. The fraction of sp³-hybridized carbons (Fsp3) is 0.478. The number of carbonyl (C=O) groups excluding carboxylic acids is 2. The molecule has 0 spiro atoms. The van der Waals surface area contributed by atoms with E-state index in [0.717, 1.165) is 36.5 Å². The van der Waals surface area contributed by atoms with Crippen molar-refractivity contribution in [3.63, 3.8) is 0 Å². The van der Waals surface area contributed by atoms with Crippen LogP contribution in [-0.2, 0) is 27.7 Å². The molecule has 2 aromatic rings.